The van der Waals surface area contributed by atoms with E-state index in [0.29, 0.717) is 6.42 Å². The summed E-state index contributed by atoms with van der Waals surface area (Å²) in [7, 11) is 0. The van der Waals surface area contributed by atoms with Gasteiger partial charge in [-0.05, 0) is 24.5 Å². The van der Waals surface area contributed by atoms with E-state index in [0.717, 1.165) is 36.1 Å². The second-order valence-electron chi connectivity index (χ2n) is 4.97. The van der Waals surface area contributed by atoms with Gasteiger partial charge in [-0.2, -0.15) is 0 Å². The number of amides is 1. The lowest BCUT2D eigenvalue weighted by molar-refractivity contribution is -0.121. The van der Waals surface area contributed by atoms with Gasteiger partial charge in [-0.3, -0.25) is 4.79 Å². The quantitative estimate of drug-likeness (QED) is 0.916. The van der Waals surface area contributed by atoms with Crippen LogP contribution in [0.2, 0.25) is 0 Å². The van der Waals surface area contributed by atoms with Crippen LogP contribution in [-0.2, 0) is 17.6 Å². The number of fused-ring (bicyclic) bond motifs is 1. The van der Waals surface area contributed by atoms with Gasteiger partial charge in [-0.15, -0.1) is 0 Å². The van der Waals surface area contributed by atoms with E-state index in [9.17, 15) is 4.79 Å². The smallest absolute Gasteiger partial charge is 0.224 e. The molecule has 0 aliphatic heterocycles. The van der Waals surface area contributed by atoms with Crippen molar-refractivity contribution in [1.82, 2.24) is 5.32 Å². The van der Waals surface area contributed by atoms with Crippen molar-refractivity contribution in [1.29, 1.82) is 0 Å². The van der Waals surface area contributed by atoms with E-state index in [2.05, 4.69) is 5.32 Å². The van der Waals surface area contributed by atoms with Crippen molar-refractivity contribution in [2.75, 3.05) is 0 Å². The van der Waals surface area contributed by atoms with Gasteiger partial charge in [0.1, 0.15) is 5.76 Å². The van der Waals surface area contributed by atoms with Gasteiger partial charge in [0, 0.05) is 12.0 Å². The molecule has 98 valence electrons. The summed E-state index contributed by atoms with van der Waals surface area (Å²) >= 11 is 0. The summed E-state index contributed by atoms with van der Waals surface area (Å²) in [6.07, 6.45) is 5.19. The fraction of sp³-hybridized carbons (Fsp3) is 0.312. The Balaban J connectivity index is 1.65. The van der Waals surface area contributed by atoms with Crippen molar-refractivity contribution in [2.24, 2.45) is 0 Å². The van der Waals surface area contributed by atoms with E-state index < -0.39 is 0 Å². The molecule has 1 atom stereocenters. The lowest BCUT2D eigenvalue weighted by atomic mass is 9.93. The lowest BCUT2D eigenvalue weighted by Crippen LogP contribution is -2.31. The Hall–Kier alpha value is -2.03. The van der Waals surface area contributed by atoms with Crippen LogP contribution in [0.4, 0.5) is 0 Å². The molecule has 0 saturated carbocycles. The Labute approximate surface area is 112 Å². The van der Waals surface area contributed by atoms with Gasteiger partial charge in [0.25, 0.3) is 0 Å². The van der Waals surface area contributed by atoms with Crippen molar-refractivity contribution in [3.05, 3.63) is 59.5 Å². The zero-order valence-electron chi connectivity index (χ0n) is 10.8. The van der Waals surface area contributed by atoms with Gasteiger partial charge in [0.15, 0.2) is 0 Å². The van der Waals surface area contributed by atoms with Gasteiger partial charge < -0.3 is 9.73 Å². The normalized spacial score (nSPS) is 17.8. The molecular weight excluding hydrogens is 238 g/mol. The third kappa shape index (κ3) is 2.70. The van der Waals surface area contributed by atoms with Crippen LogP contribution in [0.25, 0.3) is 0 Å². The molecule has 0 radical (unpaired) electrons. The Morgan fingerprint density at radius 1 is 1.26 bits per heavy atom. The van der Waals surface area contributed by atoms with Crippen LogP contribution >= 0.6 is 0 Å². The van der Waals surface area contributed by atoms with Crippen LogP contribution in [0, 0.1) is 0 Å². The minimum Gasteiger partial charge on any atom is -0.469 e. The topological polar surface area (TPSA) is 42.2 Å². The largest absolute Gasteiger partial charge is 0.469 e. The van der Waals surface area contributed by atoms with Crippen molar-refractivity contribution < 1.29 is 9.21 Å². The van der Waals surface area contributed by atoms with Crippen molar-refractivity contribution in [2.45, 2.75) is 31.7 Å². The number of aryl methyl sites for hydroxylation is 1. The minimum absolute atomic E-state index is 0.0743. The van der Waals surface area contributed by atoms with Crippen molar-refractivity contribution in [3.8, 4) is 0 Å². The molecular formula is C16H17NO2. The van der Waals surface area contributed by atoms with Gasteiger partial charge in [-0.1, -0.05) is 30.3 Å². The number of hydrogen-bond acceptors (Lipinski definition) is 2. The highest BCUT2D eigenvalue weighted by molar-refractivity contribution is 5.79. The van der Waals surface area contributed by atoms with Gasteiger partial charge in [-0.25, -0.2) is 0 Å². The van der Waals surface area contributed by atoms with Crippen LogP contribution in [0.3, 0.4) is 0 Å². The maximum atomic E-state index is 12.1. The fourth-order valence-electron chi connectivity index (χ4n) is 2.66. The van der Waals surface area contributed by atoms with E-state index in [-0.39, 0.29) is 11.9 Å². The highest BCUT2D eigenvalue weighted by atomic mass is 16.3. The molecule has 1 aromatic heterocycles. The first kappa shape index (κ1) is 12.0. The zero-order valence-corrected chi connectivity index (χ0v) is 10.8. The van der Waals surface area contributed by atoms with E-state index in [4.69, 9.17) is 4.42 Å². The number of benzene rings is 1. The number of carbonyl (C=O) groups excluding carboxylic acids is 1. The molecule has 1 N–H and O–H groups in total. The Morgan fingerprint density at radius 2 is 2.11 bits per heavy atom. The van der Waals surface area contributed by atoms with Gasteiger partial charge in [0.05, 0.1) is 18.7 Å². The predicted octanol–water partition coefficient (Wildman–Crippen LogP) is 3.02. The average Bonchev–Trinajstić information content (AvgIpc) is 2.89. The SMILES string of the molecule is O=C(Cc1ccccc1)NC1CCCc2occc21. The molecule has 3 heteroatoms. The van der Waals surface area contributed by atoms with E-state index in [1.54, 1.807) is 6.26 Å². The number of furan rings is 1. The average molecular weight is 255 g/mol. The summed E-state index contributed by atoms with van der Waals surface area (Å²) < 4.78 is 5.43. The standard InChI is InChI=1S/C16H17NO2/c18-16(11-12-5-2-1-3-6-12)17-14-7-4-8-15-13(14)9-10-19-15/h1-3,5-6,9-10,14H,4,7-8,11H2,(H,17,18). The second kappa shape index (κ2) is 5.31. The first-order valence-electron chi connectivity index (χ1n) is 6.72. The van der Waals surface area contributed by atoms with E-state index >= 15 is 0 Å². The Kier molecular flexibility index (Phi) is 3.36. The Bertz CT molecular complexity index is 559. The van der Waals surface area contributed by atoms with Gasteiger partial charge in [0.2, 0.25) is 5.91 Å². The third-order valence-corrected chi connectivity index (χ3v) is 3.59. The molecule has 0 bridgehead atoms. The molecule has 1 amide bonds. The molecule has 1 aromatic carbocycles. The molecule has 1 heterocycles. The summed E-state index contributed by atoms with van der Waals surface area (Å²) in [5.41, 5.74) is 2.19. The first-order valence-corrected chi connectivity index (χ1v) is 6.72. The zero-order chi connectivity index (χ0) is 13.1. The van der Waals surface area contributed by atoms with Crippen LogP contribution in [0.5, 0.6) is 0 Å². The van der Waals surface area contributed by atoms with Crippen LogP contribution in [-0.4, -0.2) is 5.91 Å². The predicted molar refractivity (Wildman–Crippen MR) is 72.7 cm³/mol. The maximum Gasteiger partial charge on any atom is 0.224 e. The molecule has 1 aliphatic rings. The Morgan fingerprint density at radius 3 is 2.95 bits per heavy atom. The van der Waals surface area contributed by atoms with E-state index in [1.165, 1.54) is 0 Å². The number of rotatable bonds is 3. The number of nitrogens with one attached hydrogen (secondary N) is 1. The highest BCUT2D eigenvalue weighted by Gasteiger charge is 2.23. The molecule has 0 saturated heterocycles. The summed E-state index contributed by atoms with van der Waals surface area (Å²) in [4.78, 5) is 12.1. The summed E-state index contributed by atoms with van der Waals surface area (Å²) in [6, 6.07) is 11.9. The molecule has 2 aromatic rings. The molecule has 0 fully saturated rings. The molecule has 1 unspecified atom stereocenters. The third-order valence-electron chi connectivity index (χ3n) is 3.59. The minimum atomic E-state index is 0.0743. The molecule has 1 aliphatic carbocycles. The molecule has 19 heavy (non-hydrogen) atoms. The highest BCUT2D eigenvalue weighted by Crippen LogP contribution is 2.30. The second-order valence-corrected chi connectivity index (χ2v) is 4.97. The summed E-state index contributed by atoms with van der Waals surface area (Å²) in [6.45, 7) is 0. The molecule has 3 nitrogen and oxygen atoms in total. The molecule has 0 spiro atoms. The number of carbonyl (C=O) groups is 1. The van der Waals surface area contributed by atoms with Crippen LogP contribution in [0.1, 0.15) is 35.8 Å². The maximum absolute atomic E-state index is 12.1. The van der Waals surface area contributed by atoms with Crippen molar-refractivity contribution in [3.63, 3.8) is 0 Å². The van der Waals surface area contributed by atoms with E-state index in [1.807, 2.05) is 36.4 Å². The monoisotopic (exact) mass is 255 g/mol. The van der Waals surface area contributed by atoms with Crippen LogP contribution < -0.4 is 5.32 Å². The van der Waals surface area contributed by atoms with Gasteiger partial charge >= 0.3 is 0 Å². The van der Waals surface area contributed by atoms with Crippen LogP contribution in [0.15, 0.2) is 47.1 Å². The van der Waals surface area contributed by atoms with Crippen molar-refractivity contribution >= 4 is 5.91 Å². The lowest BCUT2D eigenvalue weighted by Gasteiger charge is -2.22. The summed E-state index contributed by atoms with van der Waals surface area (Å²) in [5.74, 6) is 1.10. The summed E-state index contributed by atoms with van der Waals surface area (Å²) in [5, 5.41) is 3.11. The molecule has 3 rings (SSSR count). The number of hydrogen-bond donors (Lipinski definition) is 1. The first-order chi connectivity index (χ1) is 9.33. The fourth-order valence-corrected chi connectivity index (χ4v) is 2.66.